The highest BCUT2D eigenvalue weighted by molar-refractivity contribution is 7.15. The van der Waals surface area contributed by atoms with E-state index in [0.29, 0.717) is 38.9 Å². The van der Waals surface area contributed by atoms with Gasteiger partial charge in [-0.1, -0.05) is 0 Å². The molecule has 7 nitrogen and oxygen atoms in total. The van der Waals surface area contributed by atoms with E-state index in [0.717, 1.165) is 25.0 Å². The topological polar surface area (TPSA) is 102 Å². The Labute approximate surface area is 196 Å². The fraction of sp³-hybridized carbons (Fsp3) is 0.375. The highest BCUT2D eigenvalue weighted by Gasteiger charge is 2.27. The second kappa shape index (κ2) is 9.07. The number of fused-ring (bicyclic) bond motifs is 1. The van der Waals surface area contributed by atoms with Crippen molar-refractivity contribution < 1.29 is 14.0 Å². The molecule has 1 aliphatic rings. The van der Waals surface area contributed by atoms with E-state index >= 15 is 0 Å². The third-order valence-corrected chi connectivity index (χ3v) is 7.29. The van der Waals surface area contributed by atoms with E-state index in [4.69, 9.17) is 5.73 Å². The number of thiazole rings is 1. The molecule has 1 amide bonds. The number of carbonyl (C=O) groups excluding carboxylic acids is 2. The maximum atomic E-state index is 13.5. The summed E-state index contributed by atoms with van der Waals surface area (Å²) in [5.74, 6) is -0.709. The van der Waals surface area contributed by atoms with Gasteiger partial charge >= 0.3 is 0 Å². The van der Waals surface area contributed by atoms with Crippen LogP contribution in [0.3, 0.4) is 0 Å². The van der Waals surface area contributed by atoms with Gasteiger partial charge in [0.05, 0.1) is 23.5 Å². The van der Waals surface area contributed by atoms with Crippen LogP contribution in [0.5, 0.6) is 0 Å². The highest BCUT2D eigenvalue weighted by Crippen LogP contribution is 2.28. The monoisotopic (exact) mass is 469 g/mol. The molecule has 4 rings (SSSR count). The maximum absolute atomic E-state index is 13.5. The number of ketones is 1. The molecule has 0 saturated carbocycles. The van der Waals surface area contributed by atoms with Gasteiger partial charge in [0.15, 0.2) is 10.9 Å². The van der Waals surface area contributed by atoms with E-state index in [9.17, 15) is 14.0 Å². The molecule has 9 heteroatoms. The first-order valence-corrected chi connectivity index (χ1v) is 11.7. The lowest BCUT2D eigenvalue weighted by Crippen LogP contribution is -2.38. The number of nitrogens with two attached hydrogens (primary N) is 1. The van der Waals surface area contributed by atoms with Gasteiger partial charge in [0.2, 0.25) is 0 Å². The van der Waals surface area contributed by atoms with Crippen LogP contribution in [-0.2, 0) is 19.9 Å². The number of Topliss-reactive ketones (excluding diaryl/α,β-unsaturated/α-hetero) is 1. The Hall–Kier alpha value is -3.04. The second-order valence-electron chi connectivity index (χ2n) is 8.58. The SMILES string of the molecule is Cc1cc(NC(=O)c2c(C)c(C(=O)CNC3CCc4nc(N)sc4C3)n(C)c2C)ccc1F. The van der Waals surface area contributed by atoms with E-state index in [-0.39, 0.29) is 30.1 Å². The number of rotatable bonds is 6. The Morgan fingerprint density at radius 3 is 2.79 bits per heavy atom. The zero-order valence-corrected chi connectivity index (χ0v) is 20.0. The summed E-state index contributed by atoms with van der Waals surface area (Å²) < 4.78 is 15.3. The Morgan fingerprint density at radius 2 is 2.06 bits per heavy atom. The van der Waals surface area contributed by atoms with Crippen molar-refractivity contribution >= 4 is 33.8 Å². The molecule has 0 radical (unpaired) electrons. The molecule has 1 atom stereocenters. The van der Waals surface area contributed by atoms with Crippen LogP contribution >= 0.6 is 11.3 Å². The normalized spacial score (nSPS) is 15.4. The van der Waals surface area contributed by atoms with Gasteiger partial charge in [-0.3, -0.25) is 9.59 Å². The lowest BCUT2D eigenvalue weighted by molar-refractivity contribution is 0.0977. The summed E-state index contributed by atoms with van der Waals surface area (Å²) in [5.41, 5.74) is 10.2. The average molecular weight is 470 g/mol. The van der Waals surface area contributed by atoms with Gasteiger partial charge < -0.3 is 20.9 Å². The highest BCUT2D eigenvalue weighted by atomic mass is 32.1. The first kappa shape index (κ1) is 23.1. The summed E-state index contributed by atoms with van der Waals surface area (Å²) in [5, 5.41) is 6.79. The molecule has 2 heterocycles. The molecule has 1 unspecified atom stereocenters. The molecule has 0 saturated heterocycles. The molecule has 4 N–H and O–H groups in total. The van der Waals surface area contributed by atoms with Crippen LogP contribution < -0.4 is 16.4 Å². The number of halogens is 1. The number of hydrogen-bond acceptors (Lipinski definition) is 6. The minimum absolute atomic E-state index is 0.0654. The molecule has 0 fully saturated rings. The van der Waals surface area contributed by atoms with Crippen LogP contribution in [0.15, 0.2) is 18.2 Å². The first-order chi connectivity index (χ1) is 15.7. The van der Waals surface area contributed by atoms with Crippen LogP contribution in [0.4, 0.5) is 15.2 Å². The standard InChI is InChI=1S/C24H28FN5O2S/c1-12-9-16(5-7-17(12)25)28-23(32)21-13(2)22(30(4)14(21)3)19(31)11-27-15-6-8-18-20(10-15)33-24(26)29-18/h5,7,9,15,27H,6,8,10-11H2,1-4H3,(H2,26,29)(H,28,32). The summed E-state index contributed by atoms with van der Waals surface area (Å²) in [6, 6.07) is 4.62. The average Bonchev–Trinajstić information content (AvgIpc) is 3.24. The quantitative estimate of drug-likeness (QED) is 0.478. The number of anilines is 2. The Bertz CT molecular complexity index is 1250. The van der Waals surface area contributed by atoms with Crippen LogP contribution in [0.1, 0.15) is 54.7 Å². The summed E-state index contributed by atoms with van der Waals surface area (Å²) in [4.78, 5) is 31.7. The second-order valence-corrected chi connectivity index (χ2v) is 9.69. The molecular weight excluding hydrogens is 441 g/mol. The van der Waals surface area contributed by atoms with Crippen LogP contribution in [0.2, 0.25) is 0 Å². The lowest BCUT2D eigenvalue weighted by atomic mass is 9.97. The molecular formula is C24H28FN5O2S. The van der Waals surface area contributed by atoms with Crippen molar-refractivity contribution in [2.24, 2.45) is 7.05 Å². The molecule has 1 aliphatic carbocycles. The number of benzene rings is 1. The van der Waals surface area contributed by atoms with Crippen molar-refractivity contribution in [3.63, 3.8) is 0 Å². The Kier molecular flexibility index (Phi) is 6.36. The molecule has 3 aromatic rings. The summed E-state index contributed by atoms with van der Waals surface area (Å²) in [6.07, 6.45) is 2.57. The smallest absolute Gasteiger partial charge is 0.257 e. The predicted octanol–water partition coefficient (Wildman–Crippen LogP) is 3.71. The molecule has 0 aliphatic heterocycles. The molecule has 174 valence electrons. The number of nitrogens with one attached hydrogen (secondary N) is 2. The fourth-order valence-electron chi connectivity index (χ4n) is 4.51. The summed E-state index contributed by atoms with van der Waals surface area (Å²) >= 11 is 1.51. The van der Waals surface area contributed by atoms with Crippen molar-refractivity contribution in [3.05, 3.63) is 62.7 Å². The third-order valence-electron chi connectivity index (χ3n) is 6.35. The van der Waals surface area contributed by atoms with E-state index in [1.165, 1.54) is 28.3 Å². The molecule has 33 heavy (non-hydrogen) atoms. The van der Waals surface area contributed by atoms with Crippen molar-refractivity contribution in [2.75, 3.05) is 17.6 Å². The number of hydrogen-bond donors (Lipinski definition) is 3. The predicted molar refractivity (Wildman–Crippen MR) is 129 cm³/mol. The van der Waals surface area contributed by atoms with Crippen LogP contribution in [-0.4, -0.2) is 33.8 Å². The number of aryl methyl sites for hydroxylation is 2. The van der Waals surface area contributed by atoms with Gasteiger partial charge in [0, 0.05) is 29.3 Å². The summed E-state index contributed by atoms with van der Waals surface area (Å²) in [6.45, 7) is 5.44. The third kappa shape index (κ3) is 4.56. The van der Waals surface area contributed by atoms with Gasteiger partial charge in [-0.05, 0) is 69.4 Å². The van der Waals surface area contributed by atoms with Gasteiger partial charge in [0.1, 0.15) is 5.82 Å². The molecule has 0 bridgehead atoms. The minimum atomic E-state index is -0.326. The molecule has 1 aromatic carbocycles. The van der Waals surface area contributed by atoms with Crippen LogP contribution in [0, 0.1) is 26.6 Å². The zero-order chi connectivity index (χ0) is 23.9. The molecule has 2 aromatic heterocycles. The van der Waals surface area contributed by atoms with Gasteiger partial charge in [0.25, 0.3) is 5.91 Å². The van der Waals surface area contributed by atoms with Crippen LogP contribution in [0.25, 0.3) is 0 Å². The largest absolute Gasteiger partial charge is 0.375 e. The van der Waals surface area contributed by atoms with Crippen molar-refractivity contribution in [1.82, 2.24) is 14.9 Å². The number of carbonyl (C=O) groups is 2. The van der Waals surface area contributed by atoms with E-state index in [1.807, 2.05) is 6.92 Å². The van der Waals surface area contributed by atoms with Crippen molar-refractivity contribution in [2.45, 2.75) is 46.1 Å². The maximum Gasteiger partial charge on any atom is 0.257 e. The zero-order valence-electron chi connectivity index (χ0n) is 19.2. The Balaban J connectivity index is 1.47. The van der Waals surface area contributed by atoms with Crippen molar-refractivity contribution in [1.29, 1.82) is 0 Å². The first-order valence-electron chi connectivity index (χ1n) is 10.9. The number of aromatic nitrogens is 2. The fourth-order valence-corrected chi connectivity index (χ4v) is 5.47. The van der Waals surface area contributed by atoms with E-state index in [1.54, 1.807) is 31.5 Å². The minimum Gasteiger partial charge on any atom is -0.375 e. The number of amides is 1. The van der Waals surface area contributed by atoms with Gasteiger partial charge in [-0.2, -0.15) is 0 Å². The Morgan fingerprint density at radius 1 is 1.30 bits per heavy atom. The van der Waals surface area contributed by atoms with E-state index < -0.39 is 0 Å². The molecule has 0 spiro atoms. The number of nitrogens with zero attached hydrogens (tertiary/aromatic N) is 2. The van der Waals surface area contributed by atoms with Gasteiger partial charge in [-0.15, -0.1) is 11.3 Å². The lowest BCUT2D eigenvalue weighted by Gasteiger charge is -2.22. The number of nitrogen functional groups attached to an aromatic ring is 1. The van der Waals surface area contributed by atoms with Gasteiger partial charge in [-0.25, -0.2) is 9.37 Å². The van der Waals surface area contributed by atoms with Crippen molar-refractivity contribution in [3.8, 4) is 0 Å². The van der Waals surface area contributed by atoms with E-state index in [2.05, 4.69) is 15.6 Å². The summed E-state index contributed by atoms with van der Waals surface area (Å²) in [7, 11) is 1.79.